The minimum atomic E-state index is -0.461. The molecule has 0 spiro atoms. The Morgan fingerprint density at radius 3 is 2.50 bits per heavy atom. The van der Waals surface area contributed by atoms with Crippen LogP contribution in [0.3, 0.4) is 0 Å². The van der Waals surface area contributed by atoms with Crippen LogP contribution in [-0.4, -0.2) is 29.0 Å². The normalized spacial score (nSPS) is 13.7. The van der Waals surface area contributed by atoms with Crippen molar-refractivity contribution in [2.24, 2.45) is 0 Å². The fourth-order valence-corrected chi connectivity index (χ4v) is 3.60. The van der Waals surface area contributed by atoms with Gasteiger partial charge in [-0.25, -0.2) is 14.4 Å². The van der Waals surface area contributed by atoms with Crippen molar-refractivity contribution in [3.63, 3.8) is 0 Å². The SMILES string of the molecule is CC(=O)Nc1ccc(Nc2ncc(F)c(-c3cccc(N4CCCCC4)c3)n2)cc1. The first-order chi connectivity index (χ1) is 14.6. The summed E-state index contributed by atoms with van der Waals surface area (Å²) in [4.78, 5) is 21.9. The van der Waals surface area contributed by atoms with Gasteiger partial charge in [0.1, 0.15) is 5.69 Å². The molecule has 1 aromatic heterocycles. The number of nitrogens with one attached hydrogen (secondary N) is 2. The van der Waals surface area contributed by atoms with Crippen LogP contribution in [0.15, 0.2) is 54.7 Å². The molecule has 1 aliphatic rings. The van der Waals surface area contributed by atoms with Crippen LogP contribution in [0.2, 0.25) is 0 Å². The summed E-state index contributed by atoms with van der Waals surface area (Å²) in [5, 5.41) is 5.80. The highest BCUT2D eigenvalue weighted by atomic mass is 19.1. The van der Waals surface area contributed by atoms with Crippen molar-refractivity contribution in [2.75, 3.05) is 28.6 Å². The Hall–Kier alpha value is -3.48. The highest BCUT2D eigenvalue weighted by molar-refractivity contribution is 5.88. The molecule has 1 saturated heterocycles. The molecule has 2 heterocycles. The van der Waals surface area contributed by atoms with Crippen LogP contribution in [0, 0.1) is 5.82 Å². The third kappa shape index (κ3) is 4.74. The predicted molar refractivity (Wildman–Crippen MR) is 118 cm³/mol. The lowest BCUT2D eigenvalue weighted by molar-refractivity contribution is -0.114. The van der Waals surface area contributed by atoms with E-state index in [1.165, 1.54) is 32.4 Å². The molecule has 154 valence electrons. The quantitative estimate of drug-likeness (QED) is 0.627. The number of amides is 1. The summed E-state index contributed by atoms with van der Waals surface area (Å²) >= 11 is 0. The van der Waals surface area contributed by atoms with Crippen LogP contribution in [0.25, 0.3) is 11.3 Å². The summed E-state index contributed by atoms with van der Waals surface area (Å²) in [6, 6.07) is 15.0. The number of anilines is 4. The lowest BCUT2D eigenvalue weighted by Gasteiger charge is -2.29. The standard InChI is InChI=1S/C23H24FN5O/c1-16(30)26-18-8-10-19(11-9-18)27-23-25-15-21(24)22(28-23)17-6-5-7-20(14-17)29-12-3-2-4-13-29/h5-11,14-15H,2-4,12-13H2,1H3,(H,26,30)(H,25,27,28). The van der Waals surface area contributed by atoms with E-state index in [0.29, 0.717) is 11.6 Å². The van der Waals surface area contributed by atoms with E-state index in [-0.39, 0.29) is 11.6 Å². The van der Waals surface area contributed by atoms with Gasteiger partial charge in [-0.15, -0.1) is 0 Å². The van der Waals surface area contributed by atoms with E-state index in [1.54, 1.807) is 24.3 Å². The molecule has 1 fully saturated rings. The summed E-state index contributed by atoms with van der Waals surface area (Å²) in [5.41, 5.74) is 3.52. The molecule has 0 radical (unpaired) electrons. The van der Waals surface area contributed by atoms with E-state index in [2.05, 4.69) is 31.6 Å². The molecule has 4 rings (SSSR count). The van der Waals surface area contributed by atoms with Gasteiger partial charge in [-0.2, -0.15) is 0 Å². The highest BCUT2D eigenvalue weighted by Crippen LogP contribution is 2.28. The molecule has 0 unspecified atom stereocenters. The topological polar surface area (TPSA) is 70.2 Å². The number of carbonyl (C=O) groups excluding carboxylic acids is 1. The average molecular weight is 405 g/mol. The Bertz CT molecular complexity index is 1030. The summed E-state index contributed by atoms with van der Waals surface area (Å²) in [7, 11) is 0. The number of aromatic nitrogens is 2. The maximum absolute atomic E-state index is 14.5. The zero-order chi connectivity index (χ0) is 20.9. The van der Waals surface area contributed by atoms with E-state index in [1.807, 2.05) is 18.2 Å². The molecular weight excluding hydrogens is 381 g/mol. The molecule has 2 aromatic carbocycles. The van der Waals surface area contributed by atoms with Gasteiger partial charge < -0.3 is 15.5 Å². The first-order valence-electron chi connectivity index (χ1n) is 10.1. The van der Waals surface area contributed by atoms with Crippen molar-refractivity contribution < 1.29 is 9.18 Å². The Kier molecular flexibility index (Phi) is 5.88. The Morgan fingerprint density at radius 2 is 1.77 bits per heavy atom. The second kappa shape index (κ2) is 8.90. The van der Waals surface area contributed by atoms with Gasteiger partial charge in [-0.3, -0.25) is 4.79 Å². The van der Waals surface area contributed by atoms with Crippen molar-refractivity contribution in [1.82, 2.24) is 9.97 Å². The number of hydrogen-bond donors (Lipinski definition) is 2. The van der Waals surface area contributed by atoms with Gasteiger partial charge in [0.05, 0.1) is 6.20 Å². The second-order valence-electron chi connectivity index (χ2n) is 7.37. The van der Waals surface area contributed by atoms with E-state index in [4.69, 9.17) is 0 Å². The van der Waals surface area contributed by atoms with Crippen LogP contribution in [0.1, 0.15) is 26.2 Å². The summed E-state index contributed by atoms with van der Waals surface area (Å²) in [6.45, 7) is 3.51. The third-order valence-electron chi connectivity index (χ3n) is 5.05. The Morgan fingerprint density at radius 1 is 1.03 bits per heavy atom. The molecule has 0 atom stereocenters. The van der Waals surface area contributed by atoms with Crippen LogP contribution in [-0.2, 0) is 4.79 Å². The number of rotatable bonds is 5. The van der Waals surface area contributed by atoms with Gasteiger partial charge in [0.25, 0.3) is 0 Å². The first-order valence-corrected chi connectivity index (χ1v) is 10.1. The monoisotopic (exact) mass is 405 g/mol. The van der Waals surface area contributed by atoms with E-state index >= 15 is 0 Å². The zero-order valence-electron chi connectivity index (χ0n) is 16.9. The second-order valence-corrected chi connectivity index (χ2v) is 7.37. The van der Waals surface area contributed by atoms with Crippen molar-refractivity contribution >= 4 is 28.9 Å². The number of hydrogen-bond acceptors (Lipinski definition) is 5. The average Bonchev–Trinajstić information content (AvgIpc) is 2.77. The summed E-state index contributed by atoms with van der Waals surface area (Å²) in [6.07, 6.45) is 4.81. The number of piperidine rings is 1. The van der Waals surface area contributed by atoms with Crippen LogP contribution in [0.4, 0.5) is 27.4 Å². The maximum atomic E-state index is 14.5. The molecule has 2 N–H and O–H groups in total. The molecule has 6 nitrogen and oxygen atoms in total. The number of carbonyl (C=O) groups is 1. The molecule has 0 bridgehead atoms. The molecule has 0 aliphatic carbocycles. The smallest absolute Gasteiger partial charge is 0.227 e. The van der Waals surface area contributed by atoms with Crippen LogP contribution in [0.5, 0.6) is 0 Å². The van der Waals surface area contributed by atoms with Crippen molar-refractivity contribution in [1.29, 1.82) is 0 Å². The minimum Gasteiger partial charge on any atom is -0.372 e. The molecule has 7 heteroatoms. The number of nitrogens with zero attached hydrogens (tertiary/aromatic N) is 3. The molecular formula is C23H24FN5O. The lowest BCUT2D eigenvalue weighted by Crippen LogP contribution is -2.29. The highest BCUT2D eigenvalue weighted by Gasteiger charge is 2.14. The van der Waals surface area contributed by atoms with Crippen LogP contribution >= 0.6 is 0 Å². The van der Waals surface area contributed by atoms with Gasteiger partial charge in [0.2, 0.25) is 11.9 Å². The zero-order valence-corrected chi connectivity index (χ0v) is 16.9. The van der Waals surface area contributed by atoms with Gasteiger partial charge >= 0.3 is 0 Å². The maximum Gasteiger partial charge on any atom is 0.227 e. The largest absolute Gasteiger partial charge is 0.372 e. The van der Waals surface area contributed by atoms with E-state index < -0.39 is 5.82 Å². The van der Waals surface area contributed by atoms with E-state index in [9.17, 15) is 9.18 Å². The molecule has 30 heavy (non-hydrogen) atoms. The van der Waals surface area contributed by atoms with Gasteiger partial charge in [0, 0.05) is 42.6 Å². The summed E-state index contributed by atoms with van der Waals surface area (Å²) in [5.74, 6) is -0.284. The molecule has 1 aliphatic heterocycles. The summed E-state index contributed by atoms with van der Waals surface area (Å²) < 4.78 is 14.5. The number of benzene rings is 2. The van der Waals surface area contributed by atoms with Crippen LogP contribution < -0.4 is 15.5 Å². The molecule has 0 saturated carbocycles. The van der Waals surface area contributed by atoms with Crippen molar-refractivity contribution in [3.8, 4) is 11.3 Å². The third-order valence-corrected chi connectivity index (χ3v) is 5.05. The first kappa shape index (κ1) is 19.8. The van der Waals surface area contributed by atoms with E-state index in [0.717, 1.165) is 30.0 Å². The van der Waals surface area contributed by atoms with Crippen molar-refractivity contribution in [3.05, 3.63) is 60.5 Å². The lowest BCUT2D eigenvalue weighted by atomic mass is 10.1. The molecule has 3 aromatic rings. The fraction of sp³-hybridized carbons (Fsp3) is 0.261. The Balaban J connectivity index is 1.55. The van der Waals surface area contributed by atoms with Gasteiger partial charge in [-0.05, 0) is 55.7 Å². The molecule has 1 amide bonds. The minimum absolute atomic E-state index is 0.131. The Labute approximate surface area is 175 Å². The van der Waals surface area contributed by atoms with Crippen molar-refractivity contribution in [2.45, 2.75) is 26.2 Å². The van der Waals surface area contributed by atoms with Gasteiger partial charge in [-0.1, -0.05) is 12.1 Å². The fourth-order valence-electron chi connectivity index (χ4n) is 3.60. The predicted octanol–water partition coefficient (Wildman–Crippen LogP) is 4.98. The van der Waals surface area contributed by atoms with Gasteiger partial charge in [0.15, 0.2) is 5.82 Å². The number of halogens is 1.